The molecule has 240 valence electrons. The number of hydrogen-bond donors (Lipinski definition) is 0. The lowest BCUT2D eigenvalue weighted by molar-refractivity contribution is 0.968. The van der Waals surface area contributed by atoms with Gasteiger partial charge >= 0.3 is 0 Å². The molecule has 0 unspecified atom stereocenters. The van der Waals surface area contributed by atoms with Gasteiger partial charge in [0.25, 0.3) is 0 Å². The maximum atomic E-state index is 2.25. The van der Waals surface area contributed by atoms with Crippen LogP contribution in [-0.4, -0.2) is 27.4 Å². The van der Waals surface area contributed by atoms with E-state index >= 15 is 0 Å². The second-order valence-corrected chi connectivity index (χ2v) is 12.5. The van der Waals surface area contributed by atoms with Crippen molar-refractivity contribution in [2.75, 3.05) is 0 Å². The first-order valence-electron chi connectivity index (χ1n) is 16.3. The van der Waals surface area contributed by atoms with Crippen molar-refractivity contribution in [3.05, 3.63) is 146 Å². The van der Waals surface area contributed by atoms with Gasteiger partial charge in [0.1, 0.15) is 0 Å². The van der Waals surface area contributed by atoms with Gasteiger partial charge < -0.3 is 27.4 Å². The predicted molar refractivity (Wildman–Crippen MR) is 205 cm³/mol. The molecule has 0 N–H and O–H groups in total. The molecule has 7 rings (SSSR count). The molecule has 12 bridgehead atoms. The number of rotatable bonds is 0. The van der Waals surface area contributed by atoms with Gasteiger partial charge in [0.05, 0.1) is 0 Å². The fourth-order valence-electron chi connectivity index (χ4n) is 6.36. The molecule has 6 nitrogen and oxygen atoms in total. The SMILES string of the molecule is Cn1c2cccc(c2)n(C)c2cccc(c2)n(C)c2cccc(c2)n(C)c2cccc(c2)n(C)c2cccc(c2)n(C)c2cccc1c2. The van der Waals surface area contributed by atoms with Crippen molar-refractivity contribution >= 4 is 66.2 Å². The largest absolute Gasteiger partial charge is 0.344 e. The first kappa shape index (κ1) is 30.8. The Morgan fingerprint density at radius 2 is 0.312 bits per heavy atom. The second kappa shape index (κ2) is 12.7. The molecule has 0 aliphatic heterocycles. The van der Waals surface area contributed by atoms with Crippen LogP contribution in [0.2, 0.25) is 0 Å². The maximum Gasteiger partial charge on any atom is 0.0429 e. The van der Waals surface area contributed by atoms with E-state index in [9.17, 15) is 0 Å². The molecule has 0 fully saturated rings. The van der Waals surface area contributed by atoms with E-state index in [0.29, 0.717) is 0 Å². The molecule has 0 spiro atoms. The summed E-state index contributed by atoms with van der Waals surface area (Å²) in [4.78, 5) is 0. The quantitative estimate of drug-likeness (QED) is 0.160. The Kier molecular flexibility index (Phi) is 8.15. The van der Waals surface area contributed by atoms with Gasteiger partial charge in [-0.3, -0.25) is 0 Å². The van der Waals surface area contributed by atoms with E-state index < -0.39 is 0 Å². The molecule has 7 aromatic rings. The molecule has 0 saturated carbocycles. The number of nitrogens with zero attached hydrogens (tertiary/aromatic N) is 6. The zero-order valence-electron chi connectivity index (χ0n) is 28.5. The highest BCUT2D eigenvalue weighted by molar-refractivity contribution is 5.74. The van der Waals surface area contributed by atoms with Crippen LogP contribution in [0.15, 0.2) is 146 Å². The summed E-state index contributed by atoms with van der Waals surface area (Å²) in [5.74, 6) is 0. The number of hydrogen-bond acceptors (Lipinski definition) is 0. The summed E-state index contributed by atoms with van der Waals surface area (Å²) in [6, 6.07) is 52.3. The summed E-state index contributed by atoms with van der Waals surface area (Å²) >= 11 is 0. The lowest BCUT2D eigenvalue weighted by atomic mass is 10.2. The molecule has 1 aromatic heterocycles. The van der Waals surface area contributed by atoms with E-state index in [2.05, 4.69) is 215 Å². The van der Waals surface area contributed by atoms with Gasteiger partial charge in [0.15, 0.2) is 0 Å². The number of aryl methyl sites for hydroxylation is 6. The maximum absolute atomic E-state index is 2.25. The number of benzene rings is 6. The summed E-state index contributed by atoms with van der Waals surface area (Å²) < 4.78 is 13.5. The minimum Gasteiger partial charge on any atom is -0.344 e. The normalized spacial score (nSPS) is 11.1. The first-order chi connectivity index (χ1) is 23.3. The van der Waals surface area contributed by atoms with Crippen molar-refractivity contribution in [3.8, 4) is 0 Å². The van der Waals surface area contributed by atoms with Crippen LogP contribution in [0.25, 0.3) is 66.2 Å². The summed E-state index contributed by atoms with van der Waals surface area (Å²) in [5.41, 5.74) is 13.4. The van der Waals surface area contributed by atoms with Crippen molar-refractivity contribution in [3.63, 3.8) is 0 Å². The van der Waals surface area contributed by atoms with Crippen LogP contribution in [0.1, 0.15) is 0 Å². The van der Waals surface area contributed by atoms with Gasteiger partial charge in [-0.05, 0) is 109 Å². The van der Waals surface area contributed by atoms with E-state index in [1.165, 1.54) is 0 Å². The van der Waals surface area contributed by atoms with Crippen molar-refractivity contribution in [1.29, 1.82) is 0 Å². The average molecular weight is 631 g/mol. The molecule has 0 saturated heterocycles. The summed E-state index contributed by atoms with van der Waals surface area (Å²) in [5, 5.41) is 0. The van der Waals surface area contributed by atoms with Crippen LogP contribution in [0.5, 0.6) is 0 Å². The Bertz CT molecular complexity index is 2020. The summed E-state index contributed by atoms with van der Waals surface area (Å²) in [6.45, 7) is 0. The van der Waals surface area contributed by atoms with Crippen LogP contribution in [0, 0.1) is 0 Å². The van der Waals surface area contributed by atoms with Crippen LogP contribution in [-0.2, 0) is 42.3 Å². The van der Waals surface area contributed by atoms with Crippen LogP contribution in [0.3, 0.4) is 0 Å². The molecule has 6 heteroatoms. The molecule has 1 heterocycles. The van der Waals surface area contributed by atoms with E-state index in [0.717, 1.165) is 66.2 Å². The third-order valence-electron chi connectivity index (χ3n) is 9.63. The van der Waals surface area contributed by atoms with Gasteiger partial charge in [-0.15, -0.1) is 0 Å². The topological polar surface area (TPSA) is 29.6 Å². The van der Waals surface area contributed by atoms with Gasteiger partial charge in [0, 0.05) is 108 Å². The molecule has 6 aromatic carbocycles. The second-order valence-electron chi connectivity index (χ2n) is 12.5. The van der Waals surface area contributed by atoms with Crippen LogP contribution >= 0.6 is 0 Å². The van der Waals surface area contributed by atoms with Gasteiger partial charge in [-0.25, -0.2) is 0 Å². The molecule has 48 heavy (non-hydrogen) atoms. The Hall–Kier alpha value is -5.88. The third kappa shape index (κ3) is 5.89. The average Bonchev–Trinajstić information content (AvgIpc) is 3.16. The molecular weight excluding hydrogens is 589 g/mol. The minimum atomic E-state index is 1.12. The predicted octanol–water partition coefficient (Wildman–Crippen LogP) is 9.70. The Labute approximate surface area is 280 Å². The summed E-state index contributed by atoms with van der Waals surface area (Å²) in [6.07, 6.45) is 0. The van der Waals surface area contributed by atoms with Crippen molar-refractivity contribution in [2.45, 2.75) is 0 Å². The molecule has 0 aliphatic rings. The van der Waals surface area contributed by atoms with Gasteiger partial charge in [-0.2, -0.15) is 0 Å². The highest BCUT2D eigenvalue weighted by Gasteiger charge is 2.00. The van der Waals surface area contributed by atoms with E-state index in [1.807, 2.05) is 0 Å². The standard InChI is InChI=1S/C42H42N6/c1-43-31-13-7-15-33(25-31)44(2)35-17-9-19-37(27-35)46(4)39-21-11-23-41(29-39)48(6)42-24-12-22-40(30-42)47(5)38-20-10-18-36(28-38)45(3)34-16-8-14-32(43)26-34/h7-30H,1-6H3. The van der Waals surface area contributed by atoms with Crippen LogP contribution in [0.4, 0.5) is 0 Å². The fourth-order valence-corrected chi connectivity index (χ4v) is 6.36. The van der Waals surface area contributed by atoms with E-state index in [4.69, 9.17) is 0 Å². The Balaban J connectivity index is 1.65. The highest BCUT2D eigenvalue weighted by atomic mass is 15.0. The van der Waals surface area contributed by atoms with Crippen LogP contribution < -0.4 is 0 Å². The molecule has 0 amide bonds. The number of fused-ring (bicyclic) bond motifs is 12. The lowest BCUT2D eigenvalue weighted by Crippen LogP contribution is -1.97. The Morgan fingerprint density at radius 3 is 0.417 bits per heavy atom. The molecular formula is C42H42N6. The molecule has 0 radical (unpaired) electrons. The lowest BCUT2D eigenvalue weighted by Gasteiger charge is -2.10. The zero-order valence-corrected chi connectivity index (χ0v) is 28.5. The van der Waals surface area contributed by atoms with Crippen molar-refractivity contribution in [1.82, 2.24) is 27.4 Å². The highest BCUT2D eigenvalue weighted by Crippen LogP contribution is 2.18. The zero-order chi connectivity index (χ0) is 33.4. The smallest absolute Gasteiger partial charge is 0.0429 e. The van der Waals surface area contributed by atoms with E-state index in [1.54, 1.807) is 0 Å². The minimum absolute atomic E-state index is 1.12. The monoisotopic (exact) mass is 630 g/mol. The fraction of sp³-hybridized carbons (Fsp3) is 0.143. The molecule has 0 atom stereocenters. The Morgan fingerprint density at radius 1 is 0.208 bits per heavy atom. The van der Waals surface area contributed by atoms with Gasteiger partial charge in [-0.1, -0.05) is 36.4 Å². The van der Waals surface area contributed by atoms with Crippen molar-refractivity contribution in [2.24, 2.45) is 42.3 Å². The number of aromatic nitrogens is 6. The van der Waals surface area contributed by atoms with Gasteiger partial charge in [0.2, 0.25) is 0 Å². The molecule has 0 aliphatic carbocycles. The first-order valence-corrected chi connectivity index (χ1v) is 16.3. The third-order valence-corrected chi connectivity index (χ3v) is 9.63. The summed E-state index contributed by atoms with van der Waals surface area (Å²) in [7, 11) is 12.8. The van der Waals surface area contributed by atoms with E-state index in [-0.39, 0.29) is 0 Å². The van der Waals surface area contributed by atoms with Crippen molar-refractivity contribution < 1.29 is 0 Å².